The largest absolute Gasteiger partial charge is 0.263 e. The van der Waals surface area contributed by atoms with E-state index >= 15 is 0 Å². The second-order valence-corrected chi connectivity index (χ2v) is 5.35. The fraction of sp³-hybridized carbons (Fsp3) is 0.188. The van der Waals surface area contributed by atoms with E-state index in [1.807, 2.05) is 30.6 Å². The fourth-order valence-corrected chi connectivity index (χ4v) is 2.76. The summed E-state index contributed by atoms with van der Waals surface area (Å²) in [4.78, 5) is 12.9. The molecule has 0 aliphatic carbocycles. The third-order valence-electron chi connectivity index (χ3n) is 3.34. The summed E-state index contributed by atoms with van der Waals surface area (Å²) in [5.41, 5.74) is 2.83. The fourth-order valence-electron chi connectivity index (χ4n) is 2.41. The molecule has 0 saturated heterocycles. The molecule has 3 aromatic rings. The molecule has 0 amide bonds. The molecule has 2 heterocycles. The van der Waals surface area contributed by atoms with Gasteiger partial charge in [-0.2, -0.15) is 0 Å². The van der Waals surface area contributed by atoms with Crippen LogP contribution in [0.3, 0.4) is 0 Å². The lowest BCUT2D eigenvalue weighted by Gasteiger charge is -2.14. The smallest absolute Gasteiger partial charge is 0.136 e. The highest BCUT2D eigenvalue weighted by Gasteiger charge is 2.16. The van der Waals surface area contributed by atoms with Gasteiger partial charge >= 0.3 is 0 Å². The van der Waals surface area contributed by atoms with Gasteiger partial charge in [0, 0.05) is 28.9 Å². The molecule has 2 aromatic heterocycles. The molecule has 0 atom stereocenters. The maximum Gasteiger partial charge on any atom is 0.136 e. The van der Waals surface area contributed by atoms with Gasteiger partial charge in [-0.3, -0.25) is 4.98 Å². The third-order valence-corrected chi connectivity index (χ3v) is 3.64. The first-order valence-corrected chi connectivity index (χ1v) is 6.90. The maximum atomic E-state index is 6.25. The van der Waals surface area contributed by atoms with Gasteiger partial charge in [0.25, 0.3) is 0 Å². The van der Waals surface area contributed by atoms with E-state index in [4.69, 9.17) is 11.6 Å². The molecule has 0 bridgehead atoms. The second kappa shape index (κ2) is 5.17. The van der Waals surface area contributed by atoms with E-state index in [-0.39, 0.29) is 5.92 Å². The molecule has 0 spiro atoms. The zero-order valence-corrected chi connectivity index (χ0v) is 12.1. The number of benzene rings is 1. The van der Waals surface area contributed by atoms with Crippen LogP contribution in [0.5, 0.6) is 0 Å². The van der Waals surface area contributed by atoms with Crippen molar-refractivity contribution in [3.05, 3.63) is 53.7 Å². The quantitative estimate of drug-likeness (QED) is 0.651. The summed E-state index contributed by atoms with van der Waals surface area (Å²) >= 11 is 6.25. The summed E-state index contributed by atoms with van der Waals surface area (Å²) in [5, 5.41) is 2.73. The Balaban J connectivity index is 2.35. The summed E-state index contributed by atoms with van der Waals surface area (Å²) in [6.45, 7) is 4.18. The lowest BCUT2D eigenvalue weighted by atomic mass is 9.96. The molecule has 0 unspecified atom stereocenters. The van der Waals surface area contributed by atoms with E-state index in [9.17, 15) is 0 Å². The molecule has 0 aliphatic rings. The first kappa shape index (κ1) is 13.0. The van der Waals surface area contributed by atoms with Crippen molar-refractivity contribution in [3.63, 3.8) is 0 Å². The van der Waals surface area contributed by atoms with E-state index in [1.54, 1.807) is 0 Å². The number of fused-ring (bicyclic) bond motifs is 1. The van der Waals surface area contributed by atoms with Gasteiger partial charge in [0.15, 0.2) is 0 Å². The third kappa shape index (κ3) is 2.14. The molecule has 3 rings (SSSR count). The Morgan fingerprint density at radius 1 is 1.05 bits per heavy atom. The number of rotatable bonds is 2. The predicted octanol–water partition coefficient (Wildman–Crippen LogP) is 4.47. The zero-order chi connectivity index (χ0) is 14.1. The van der Waals surface area contributed by atoms with Crippen LogP contribution in [0.4, 0.5) is 0 Å². The van der Waals surface area contributed by atoms with Gasteiger partial charge in [-0.25, -0.2) is 9.97 Å². The van der Waals surface area contributed by atoms with E-state index in [2.05, 4.69) is 34.9 Å². The zero-order valence-electron chi connectivity index (χ0n) is 11.3. The van der Waals surface area contributed by atoms with Crippen molar-refractivity contribution in [2.45, 2.75) is 19.8 Å². The first-order valence-electron chi connectivity index (χ1n) is 6.52. The van der Waals surface area contributed by atoms with Gasteiger partial charge in [-0.15, -0.1) is 0 Å². The Morgan fingerprint density at radius 3 is 2.65 bits per heavy atom. The van der Waals surface area contributed by atoms with E-state index in [1.165, 1.54) is 6.33 Å². The van der Waals surface area contributed by atoms with Crippen molar-refractivity contribution in [1.82, 2.24) is 15.0 Å². The molecular weight excluding hydrogens is 270 g/mol. The molecule has 3 nitrogen and oxygen atoms in total. The van der Waals surface area contributed by atoms with E-state index < -0.39 is 0 Å². The van der Waals surface area contributed by atoms with Crippen LogP contribution >= 0.6 is 11.6 Å². The summed E-state index contributed by atoms with van der Waals surface area (Å²) in [7, 11) is 0. The highest BCUT2D eigenvalue weighted by molar-refractivity contribution is 6.30. The van der Waals surface area contributed by atoms with Gasteiger partial charge in [0.2, 0.25) is 0 Å². The molecule has 0 saturated carbocycles. The van der Waals surface area contributed by atoms with Crippen LogP contribution < -0.4 is 0 Å². The minimum atomic E-state index is 0.248. The predicted molar refractivity (Wildman–Crippen MR) is 81.9 cm³/mol. The number of hydrogen-bond acceptors (Lipinski definition) is 3. The van der Waals surface area contributed by atoms with Crippen LogP contribution in [0.25, 0.3) is 22.0 Å². The van der Waals surface area contributed by atoms with Gasteiger partial charge in [0.1, 0.15) is 11.5 Å². The van der Waals surface area contributed by atoms with Crippen LogP contribution in [0, 0.1) is 0 Å². The van der Waals surface area contributed by atoms with Gasteiger partial charge in [0.05, 0.1) is 5.69 Å². The van der Waals surface area contributed by atoms with Gasteiger partial charge < -0.3 is 0 Å². The average molecular weight is 284 g/mol. The molecule has 0 radical (unpaired) electrons. The lowest BCUT2D eigenvalue weighted by Crippen LogP contribution is -1.99. The van der Waals surface area contributed by atoms with Crippen LogP contribution in [-0.2, 0) is 0 Å². The standard InChI is InChI=1S/C16H14ClN3/c1-10(2)14-15(19-9-20-16(14)17)13-8-18-7-11-5-3-4-6-12(11)13/h3-10H,1-2H3. The van der Waals surface area contributed by atoms with Crippen molar-refractivity contribution in [1.29, 1.82) is 0 Å². The first-order chi connectivity index (χ1) is 9.68. The number of aromatic nitrogens is 3. The van der Waals surface area contributed by atoms with Crippen LogP contribution in [-0.4, -0.2) is 15.0 Å². The Bertz CT molecular complexity index is 763. The van der Waals surface area contributed by atoms with Crippen LogP contribution in [0.2, 0.25) is 5.15 Å². The van der Waals surface area contributed by atoms with Crippen molar-refractivity contribution in [2.75, 3.05) is 0 Å². The Labute approximate surface area is 122 Å². The van der Waals surface area contributed by atoms with Crippen molar-refractivity contribution < 1.29 is 0 Å². The van der Waals surface area contributed by atoms with Crippen LogP contribution in [0.15, 0.2) is 43.0 Å². The van der Waals surface area contributed by atoms with E-state index in [0.29, 0.717) is 5.15 Å². The van der Waals surface area contributed by atoms with Gasteiger partial charge in [-0.05, 0) is 11.3 Å². The van der Waals surface area contributed by atoms with Crippen molar-refractivity contribution >= 4 is 22.4 Å². The summed E-state index contributed by atoms with van der Waals surface area (Å²) in [6.07, 6.45) is 5.20. The van der Waals surface area contributed by atoms with E-state index in [0.717, 1.165) is 27.6 Å². The van der Waals surface area contributed by atoms with Crippen molar-refractivity contribution in [3.8, 4) is 11.3 Å². The summed E-state index contributed by atoms with van der Waals surface area (Å²) in [6, 6.07) is 8.14. The number of nitrogens with zero attached hydrogens (tertiary/aromatic N) is 3. The highest BCUT2D eigenvalue weighted by Crippen LogP contribution is 2.34. The molecule has 1 aromatic carbocycles. The number of halogens is 1. The molecule has 0 aliphatic heterocycles. The summed E-state index contributed by atoms with van der Waals surface area (Å²) < 4.78 is 0. The molecule has 100 valence electrons. The topological polar surface area (TPSA) is 38.7 Å². The minimum Gasteiger partial charge on any atom is -0.263 e. The van der Waals surface area contributed by atoms with Gasteiger partial charge in [-0.1, -0.05) is 49.7 Å². The normalized spacial score (nSPS) is 11.2. The summed E-state index contributed by atoms with van der Waals surface area (Å²) in [5.74, 6) is 0.248. The Hall–Kier alpha value is -2.00. The molecule has 0 fully saturated rings. The molecule has 0 N–H and O–H groups in total. The lowest BCUT2D eigenvalue weighted by molar-refractivity contribution is 0.850. The maximum absolute atomic E-state index is 6.25. The Kier molecular flexibility index (Phi) is 3.36. The Morgan fingerprint density at radius 2 is 1.85 bits per heavy atom. The molecular formula is C16H14ClN3. The monoisotopic (exact) mass is 283 g/mol. The van der Waals surface area contributed by atoms with Crippen LogP contribution in [0.1, 0.15) is 25.3 Å². The second-order valence-electron chi connectivity index (χ2n) is 4.99. The number of pyridine rings is 1. The minimum absolute atomic E-state index is 0.248. The SMILES string of the molecule is CC(C)c1c(Cl)ncnc1-c1cncc2ccccc12. The molecule has 4 heteroatoms. The average Bonchev–Trinajstić information content (AvgIpc) is 2.46. The molecule has 20 heavy (non-hydrogen) atoms. The highest BCUT2D eigenvalue weighted by atomic mass is 35.5. The van der Waals surface area contributed by atoms with Crippen molar-refractivity contribution in [2.24, 2.45) is 0 Å². The number of hydrogen-bond donors (Lipinski definition) is 0.